The molecular weight excluding hydrogens is 1770 g/mol. The van der Waals surface area contributed by atoms with Gasteiger partial charge in [0.2, 0.25) is 0 Å². The first-order chi connectivity index (χ1) is 25.6. The molecule has 0 rings (SSSR count). The molecule has 0 aliphatic carbocycles. The quantitative estimate of drug-likeness (QED) is 0.0721. The van der Waals surface area contributed by atoms with Gasteiger partial charge in [0.15, 0.2) is 0 Å². The van der Waals surface area contributed by atoms with Crippen molar-refractivity contribution in [3.8, 4) is 74.1 Å². The van der Waals surface area contributed by atoms with Gasteiger partial charge in [0.05, 0.1) is 46.1 Å². The molecule has 11 nitrogen and oxygen atoms in total. The Balaban J connectivity index is -0.0000000866. The van der Waals surface area contributed by atoms with Crippen molar-refractivity contribution in [1.29, 1.82) is 0 Å². The Hall–Kier alpha value is -0.300. The number of ether oxygens (including phenoxy) is 2. The summed E-state index contributed by atoms with van der Waals surface area (Å²) >= 11 is 0. The smallest absolute Gasteiger partial charge is 0.298 e. The van der Waals surface area contributed by atoms with Crippen LogP contribution in [0.1, 0.15) is 12.8 Å². The number of hydrogen-bond donors (Lipinski definition) is 0. The summed E-state index contributed by atoms with van der Waals surface area (Å²) in [5.41, 5.74) is 0. The summed E-state index contributed by atoms with van der Waals surface area (Å²) in [4.78, 5) is 44.4. The Kier molecular flexibility index (Phi) is 80.2. The molecule has 0 saturated heterocycles. The van der Waals surface area contributed by atoms with Gasteiger partial charge in [-0.15, -0.1) is 64.7 Å². The molecule has 0 aromatic heterocycles. The molecule has 0 N–H and O–H groups in total. The van der Waals surface area contributed by atoms with Crippen LogP contribution >= 0.6 is 0 Å². The molecule has 0 fully saturated rings. The van der Waals surface area contributed by atoms with E-state index in [1.807, 2.05) is 11.8 Å². The van der Waals surface area contributed by atoms with E-state index < -0.39 is 11.8 Å². The summed E-state index contributed by atoms with van der Waals surface area (Å²) in [6.07, 6.45) is 32.3. The number of terminal acetylenes is 6. The molecule has 0 unspecified atom stereocenters. The average molecular weight is 1830 g/mol. The Morgan fingerprint density at radius 3 is 1.00 bits per heavy atom. The first kappa shape index (κ1) is 79.1. The topological polar surface area (TPSA) is 89.1 Å². The fourth-order valence-electron chi connectivity index (χ4n) is 4.03. The van der Waals surface area contributed by atoms with E-state index in [1.165, 1.54) is 9.80 Å². The second-order valence-corrected chi connectivity index (χ2v) is 10.7. The molecule has 59 heavy (non-hydrogen) atoms. The minimum absolute atomic E-state index is 0. The third-order valence-corrected chi connectivity index (χ3v) is 7.05. The largest absolute Gasteiger partial charge is 0.379 e. The van der Waals surface area contributed by atoms with E-state index in [1.54, 1.807) is 4.90 Å². The Morgan fingerprint density at radius 1 is 0.390 bits per heavy atom. The van der Waals surface area contributed by atoms with Crippen LogP contribution in [0, 0.1) is 116 Å². The summed E-state index contributed by atoms with van der Waals surface area (Å²) in [5, 5.41) is 0. The van der Waals surface area contributed by atoms with Crippen LogP contribution in [-0.4, -0.2) is 172 Å². The van der Waals surface area contributed by atoms with Crippen LogP contribution in [0.15, 0.2) is 0 Å². The van der Waals surface area contributed by atoms with Gasteiger partial charge >= 0.3 is 0 Å². The van der Waals surface area contributed by atoms with Crippen molar-refractivity contribution in [2.75, 3.05) is 125 Å². The third-order valence-electron chi connectivity index (χ3n) is 7.05. The SMILES string of the molecule is C#CC(=O)N(C[CH2-])CCOCCN(C[CH2-])C(=O)C#C.C#CCN(CC[CH2-])CCN(CC[CH2-])C(=O)C#C.C#CCN(C[CH2-])CCOCCN(C[CH2-])CC#C.[W].[W].[W].[W].[W].[W]. The number of nitrogens with zero attached hydrogens (tertiary/aromatic N) is 6. The monoisotopic (exact) mass is 1830 g/mol. The molecule has 0 saturated carbocycles. The predicted molar refractivity (Wildman–Crippen MR) is 215 cm³/mol. The van der Waals surface area contributed by atoms with Crippen LogP contribution < -0.4 is 0 Å². The molecule has 0 aromatic carbocycles. The van der Waals surface area contributed by atoms with Gasteiger partial charge in [-0.2, -0.15) is 12.8 Å². The normalized spacial score (nSPS) is 8.80. The van der Waals surface area contributed by atoms with E-state index in [0.29, 0.717) is 98.3 Å². The molecule has 0 heterocycles. The molecular formula is C42H60N6O5W6-6. The zero-order valence-corrected chi connectivity index (χ0v) is 51.8. The molecule has 0 aliphatic rings. The molecule has 0 radical (unpaired) electrons. The van der Waals surface area contributed by atoms with Crippen LogP contribution in [0.2, 0.25) is 0 Å². The number of amides is 3. The first-order valence-electron chi connectivity index (χ1n) is 17.2. The van der Waals surface area contributed by atoms with Crippen LogP contribution in [0.3, 0.4) is 0 Å². The van der Waals surface area contributed by atoms with Crippen molar-refractivity contribution >= 4 is 17.7 Å². The van der Waals surface area contributed by atoms with Gasteiger partial charge in [-0.25, -0.2) is 0 Å². The molecule has 0 atom stereocenters. The van der Waals surface area contributed by atoms with E-state index in [9.17, 15) is 14.4 Å². The van der Waals surface area contributed by atoms with E-state index in [2.05, 4.69) is 79.9 Å². The fourth-order valence-corrected chi connectivity index (χ4v) is 4.03. The van der Waals surface area contributed by atoms with Crippen molar-refractivity contribution in [3.63, 3.8) is 0 Å². The third kappa shape index (κ3) is 47.0. The van der Waals surface area contributed by atoms with Crippen molar-refractivity contribution < 1.29 is 150 Å². The Morgan fingerprint density at radius 2 is 0.712 bits per heavy atom. The maximum absolute atomic E-state index is 11.4. The predicted octanol–water partition coefficient (Wildman–Crippen LogP) is 0.953. The van der Waals surface area contributed by atoms with Crippen molar-refractivity contribution in [2.24, 2.45) is 0 Å². The number of rotatable bonds is 26. The molecule has 0 spiro atoms. The summed E-state index contributed by atoms with van der Waals surface area (Å²) in [6.45, 7) is 33.1. The Bertz CT molecular complexity index is 1200. The molecule has 0 bridgehead atoms. The molecule has 3 amide bonds. The average Bonchev–Trinajstić information content (AvgIpc) is 3.17. The zero-order chi connectivity index (χ0) is 40.7. The van der Waals surface area contributed by atoms with Crippen LogP contribution in [-0.2, 0) is 150 Å². The number of carbonyl (C=O) groups excluding carboxylic acids is 3. The van der Waals surface area contributed by atoms with Crippen molar-refractivity contribution in [3.05, 3.63) is 41.5 Å². The molecule has 330 valence electrons. The van der Waals surface area contributed by atoms with Gasteiger partial charge in [0.1, 0.15) is 0 Å². The molecule has 0 aromatic rings. The van der Waals surface area contributed by atoms with E-state index in [-0.39, 0.29) is 145 Å². The van der Waals surface area contributed by atoms with E-state index >= 15 is 0 Å². The van der Waals surface area contributed by atoms with Crippen molar-refractivity contribution in [2.45, 2.75) is 12.8 Å². The summed E-state index contributed by atoms with van der Waals surface area (Å²) < 4.78 is 10.8. The summed E-state index contributed by atoms with van der Waals surface area (Å²) in [6, 6.07) is 0. The Labute approximate surface area is 445 Å². The number of hydrogen-bond acceptors (Lipinski definition) is 8. The van der Waals surface area contributed by atoms with Crippen LogP contribution in [0.25, 0.3) is 0 Å². The van der Waals surface area contributed by atoms with Gasteiger partial charge in [0, 0.05) is 166 Å². The second kappa shape index (κ2) is 59.8. The first-order valence-corrected chi connectivity index (χ1v) is 17.2. The van der Waals surface area contributed by atoms with Gasteiger partial charge in [-0.3, -0.25) is 19.3 Å². The maximum atomic E-state index is 11.4. The summed E-state index contributed by atoms with van der Waals surface area (Å²) in [7, 11) is 0. The minimum atomic E-state index is -0.416. The standard InChI is InChI=1S/C14H18N2O3.C14H22N2O.C14H20N2O.6W/c1-5-13(17)15(7-3)9-11-19-12-10-16(8-4)14(18)6-2;1-5-9-15(7-3)11-13-17-14-12-16(8-4)10-6-2;1-5-9-15(10-6-2)12-13-16(11-7-3)14(17)8-4;;;;;;/h1-2H,3-4,7-12H2;1-2H,3-4,7-14H2;1,4H,2-3,6-7,9-13H2;;;;;;/q3*-2;;;;;;. The summed E-state index contributed by atoms with van der Waals surface area (Å²) in [5.74, 6) is 12.8. The molecule has 17 heteroatoms. The van der Waals surface area contributed by atoms with Gasteiger partial charge < -0.3 is 75.5 Å². The number of carbonyl (C=O) groups is 3. The fraction of sp³-hybridized carbons (Fsp3) is 0.500. The van der Waals surface area contributed by atoms with Crippen LogP contribution in [0.4, 0.5) is 0 Å². The zero-order valence-electron chi connectivity index (χ0n) is 34.2. The minimum Gasteiger partial charge on any atom is -0.379 e. The van der Waals surface area contributed by atoms with Crippen LogP contribution in [0.5, 0.6) is 0 Å². The van der Waals surface area contributed by atoms with Gasteiger partial charge in [-0.1, -0.05) is 17.8 Å². The van der Waals surface area contributed by atoms with E-state index in [4.69, 9.17) is 48.0 Å². The second-order valence-electron chi connectivity index (χ2n) is 10.7. The van der Waals surface area contributed by atoms with Crippen molar-refractivity contribution in [1.82, 2.24) is 29.4 Å². The van der Waals surface area contributed by atoms with Gasteiger partial charge in [0.25, 0.3) is 17.7 Å². The van der Waals surface area contributed by atoms with Gasteiger partial charge in [-0.05, 0) is 30.9 Å². The van der Waals surface area contributed by atoms with E-state index in [0.717, 1.165) is 26.1 Å². The maximum Gasteiger partial charge on any atom is 0.298 e. The molecule has 0 aliphatic heterocycles.